The number of nitrogens with two attached hydrogens (primary N) is 1. The first-order valence-corrected chi connectivity index (χ1v) is 5.94. The van der Waals surface area contributed by atoms with Gasteiger partial charge in [-0.2, -0.15) is 0 Å². The third-order valence-electron chi connectivity index (χ3n) is 3.22. The summed E-state index contributed by atoms with van der Waals surface area (Å²) in [6, 6.07) is 0. The molecule has 1 fully saturated rings. The van der Waals surface area contributed by atoms with Gasteiger partial charge >= 0.3 is 0 Å². The molecule has 84 valence electrons. The Hall–Kier alpha value is -0.550. The summed E-state index contributed by atoms with van der Waals surface area (Å²) in [5, 5.41) is 2.79. The molecule has 0 atom stereocenters. The Kier molecular flexibility index (Phi) is 2.77. The maximum atomic E-state index is 13.1. The fourth-order valence-electron chi connectivity index (χ4n) is 2.08. The molecule has 1 aromatic rings. The molecule has 0 aliphatic heterocycles. The van der Waals surface area contributed by atoms with Gasteiger partial charge in [0.05, 0.1) is 5.01 Å². The van der Waals surface area contributed by atoms with E-state index < -0.39 is 5.92 Å². The van der Waals surface area contributed by atoms with Gasteiger partial charge in [-0.3, -0.25) is 0 Å². The van der Waals surface area contributed by atoms with Crippen molar-refractivity contribution in [3.05, 3.63) is 16.6 Å². The first-order chi connectivity index (χ1) is 7.08. The summed E-state index contributed by atoms with van der Waals surface area (Å²) in [5.74, 6) is -2.50. The van der Waals surface area contributed by atoms with Crippen LogP contribution in [0.4, 0.5) is 8.78 Å². The van der Waals surface area contributed by atoms with Crippen LogP contribution in [0.5, 0.6) is 0 Å². The Morgan fingerprint density at radius 1 is 1.33 bits per heavy atom. The fraction of sp³-hybridized carbons (Fsp3) is 0.700. The molecule has 0 amide bonds. The van der Waals surface area contributed by atoms with Gasteiger partial charge in [-0.1, -0.05) is 0 Å². The molecule has 1 saturated carbocycles. The Labute approximate surface area is 91.5 Å². The van der Waals surface area contributed by atoms with Crippen LogP contribution in [-0.2, 0) is 5.41 Å². The summed E-state index contributed by atoms with van der Waals surface area (Å²) >= 11 is 1.52. The smallest absolute Gasteiger partial charge is 0.248 e. The number of halogens is 2. The minimum Gasteiger partial charge on any atom is -0.329 e. The van der Waals surface area contributed by atoms with Gasteiger partial charge in [0.25, 0.3) is 0 Å². The minimum absolute atomic E-state index is 0.0657. The topological polar surface area (TPSA) is 38.9 Å². The lowest BCUT2D eigenvalue weighted by molar-refractivity contribution is -0.0509. The highest BCUT2D eigenvalue weighted by atomic mass is 32.1. The van der Waals surface area contributed by atoms with E-state index in [0.717, 1.165) is 5.01 Å². The largest absolute Gasteiger partial charge is 0.329 e. The molecule has 2 nitrogen and oxygen atoms in total. The Balaban J connectivity index is 2.19. The summed E-state index contributed by atoms with van der Waals surface area (Å²) < 4.78 is 26.1. The van der Waals surface area contributed by atoms with Gasteiger partial charge < -0.3 is 5.73 Å². The third kappa shape index (κ3) is 2.03. The van der Waals surface area contributed by atoms with Gasteiger partial charge in [0.2, 0.25) is 5.92 Å². The van der Waals surface area contributed by atoms with Crippen molar-refractivity contribution in [3.63, 3.8) is 0 Å². The van der Waals surface area contributed by atoms with Crippen molar-refractivity contribution in [2.75, 3.05) is 6.54 Å². The summed E-state index contributed by atoms with van der Waals surface area (Å²) in [7, 11) is 0. The number of aromatic nitrogens is 1. The standard InChI is InChI=1S/C10H14F2N2S/c11-10(12)3-1-9(7-13,2-4-10)8-14-5-6-15-8/h5-6H,1-4,7,13H2. The number of rotatable bonds is 2. The van der Waals surface area contributed by atoms with Crippen LogP contribution in [0.1, 0.15) is 30.7 Å². The van der Waals surface area contributed by atoms with E-state index in [1.807, 2.05) is 5.38 Å². The van der Waals surface area contributed by atoms with Crippen LogP contribution in [0.25, 0.3) is 0 Å². The lowest BCUT2D eigenvalue weighted by Crippen LogP contribution is -2.42. The summed E-state index contributed by atoms with van der Waals surface area (Å²) in [6.07, 6.45) is 2.48. The van der Waals surface area contributed by atoms with Crippen molar-refractivity contribution in [2.45, 2.75) is 37.0 Å². The second-order valence-corrected chi connectivity index (χ2v) is 5.07. The molecule has 0 radical (unpaired) electrons. The van der Waals surface area contributed by atoms with E-state index in [1.54, 1.807) is 6.20 Å². The molecule has 0 bridgehead atoms. The summed E-state index contributed by atoms with van der Waals surface area (Å²) in [5.41, 5.74) is 5.44. The Bertz CT molecular complexity index is 314. The Morgan fingerprint density at radius 3 is 2.47 bits per heavy atom. The zero-order valence-electron chi connectivity index (χ0n) is 8.38. The van der Waals surface area contributed by atoms with Crippen molar-refractivity contribution >= 4 is 11.3 Å². The summed E-state index contributed by atoms with van der Waals surface area (Å²) in [4.78, 5) is 4.22. The second kappa shape index (κ2) is 3.79. The average molecular weight is 232 g/mol. The highest BCUT2D eigenvalue weighted by Crippen LogP contribution is 2.45. The molecule has 1 heterocycles. The molecule has 0 spiro atoms. The lowest BCUT2D eigenvalue weighted by atomic mass is 9.73. The van der Waals surface area contributed by atoms with E-state index in [1.165, 1.54) is 11.3 Å². The number of nitrogens with zero attached hydrogens (tertiary/aromatic N) is 1. The first-order valence-electron chi connectivity index (χ1n) is 5.06. The number of thiazole rings is 1. The van der Waals surface area contributed by atoms with Crippen LogP contribution in [0.2, 0.25) is 0 Å². The van der Waals surface area contributed by atoms with E-state index in [2.05, 4.69) is 4.98 Å². The molecule has 2 N–H and O–H groups in total. The van der Waals surface area contributed by atoms with Crippen molar-refractivity contribution in [1.82, 2.24) is 4.98 Å². The van der Waals surface area contributed by atoms with Gasteiger partial charge in [0, 0.05) is 36.4 Å². The molecule has 0 aromatic carbocycles. The van der Waals surface area contributed by atoms with Crippen molar-refractivity contribution in [3.8, 4) is 0 Å². The van der Waals surface area contributed by atoms with Gasteiger partial charge in [0.15, 0.2) is 0 Å². The maximum Gasteiger partial charge on any atom is 0.248 e. The van der Waals surface area contributed by atoms with Crippen molar-refractivity contribution in [1.29, 1.82) is 0 Å². The van der Waals surface area contributed by atoms with Crippen LogP contribution >= 0.6 is 11.3 Å². The van der Waals surface area contributed by atoms with Gasteiger partial charge in [-0.15, -0.1) is 11.3 Å². The molecular weight excluding hydrogens is 218 g/mol. The maximum absolute atomic E-state index is 13.1. The quantitative estimate of drug-likeness (QED) is 0.851. The zero-order chi connectivity index (χ0) is 10.9. The number of hydrogen-bond donors (Lipinski definition) is 1. The molecule has 1 aromatic heterocycles. The highest BCUT2D eigenvalue weighted by Gasteiger charge is 2.44. The Morgan fingerprint density at radius 2 is 2.00 bits per heavy atom. The van der Waals surface area contributed by atoms with Crippen LogP contribution < -0.4 is 5.73 Å². The number of alkyl halides is 2. The molecule has 1 aliphatic carbocycles. The number of hydrogen-bond acceptors (Lipinski definition) is 3. The predicted molar refractivity (Wildman–Crippen MR) is 56.3 cm³/mol. The van der Waals surface area contributed by atoms with Crippen molar-refractivity contribution in [2.24, 2.45) is 5.73 Å². The third-order valence-corrected chi connectivity index (χ3v) is 4.23. The van der Waals surface area contributed by atoms with E-state index in [9.17, 15) is 8.78 Å². The van der Waals surface area contributed by atoms with Gasteiger partial charge in [-0.25, -0.2) is 13.8 Å². The molecular formula is C10H14F2N2S. The van der Waals surface area contributed by atoms with E-state index in [0.29, 0.717) is 19.4 Å². The van der Waals surface area contributed by atoms with E-state index in [4.69, 9.17) is 5.73 Å². The SMILES string of the molecule is NCC1(c2nccs2)CCC(F)(F)CC1. The van der Waals surface area contributed by atoms with E-state index >= 15 is 0 Å². The first kappa shape index (κ1) is 11.0. The van der Waals surface area contributed by atoms with Gasteiger partial charge in [-0.05, 0) is 12.8 Å². The molecule has 2 rings (SSSR count). The molecule has 0 unspecified atom stereocenters. The molecule has 15 heavy (non-hydrogen) atoms. The molecule has 1 aliphatic rings. The monoisotopic (exact) mass is 232 g/mol. The fourth-order valence-corrected chi connectivity index (χ4v) is 2.99. The van der Waals surface area contributed by atoms with Crippen LogP contribution in [0.15, 0.2) is 11.6 Å². The van der Waals surface area contributed by atoms with Crippen LogP contribution in [-0.4, -0.2) is 17.5 Å². The van der Waals surface area contributed by atoms with Gasteiger partial charge in [0.1, 0.15) is 0 Å². The average Bonchev–Trinajstić information content (AvgIpc) is 2.72. The normalized spacial score (nSPS) is 23.9. The van der Waals surface area contributed by atoms with Crippen molar-refractivity contribution < 1.29 is 8.78 Å². The summed E-state index contributed by atoms with van der Waals surface area (Å²) in [6.45, 7) is 0.413. The van der Waals surface area contributed by atoms with E-state index in [-0.39, 0.29) is 18.3 Å². The second-order valence-electron chi connectivity index (χ2n) is 4.18. The highest BCUT2D eigenvalue weighted by molar-refractivity contribution is 7.09. The predicted octanol–water partition coefficient (Wildman–Crippen LogP) is 2.55. The van der Waals surface area contributed by atoms with Crippen LogP contribution in [0, 0.1) is 0 Å². The molecule has 0 saturated heterocycles. The lowest BCUT2D eigenvalue weighted by Gasteiger charge is -2.37. The minimum atomic E-state index is -2.50. The van der Waals surface area contributed by atoms with Crippen LogP contribution in [0.3, 0.4) is 0 Å². The zero-order valence-corrected chi connectivity index (χ0v) is 9.20. The molecule has 5 heteroatoms.